The first kappa shape index (κ1) is 14.2. The minimum absolute atomic E-state index is 0.0737. The number of nitrogens with one attached hydrogen (secondary N) is 1. The topological polar surface area (TPSA) is 42.0 Å². The Morgan fingerprint density at radius 3 is 2.63 bits per heavy atom. The molecule has 0 aliphatic heterocycles. The molecule has 3 nitrogen and oxygen atoms in total. The molecule has 0 radical (unpaired) electrons. The van der Waals surface area contributed by atoms with E-state index in [0.717, 1.165) is 14.5 Å². The fourth-order valence-electron chi connectivity index (χ4n) is 1.64. The van der Waals surface area contributed by atoms with E-state index in [2.05, 4.69) is 42.2 Å². The van der Waals surface area contributed by atoms with Gasteiger partial charge in [-0.3, -0.25) is 4.79 Å². The largest absolute Gasteiger partial charge is 0.344 e. The van der Waals surface area contributed by atoms with Crippen LogP contribution in [-0.4, -0.2) is 10.9 Å². The Bertz CT molecular complexity index is 584. The maximum absolute atomic E-state index is 12.0. The van der Waals surface area contributed by atoms with Gasteiger partial charge < -0.3 is 5.32 Å². The summed E-state index contributed by atoms with van der Waals surface area (Å²) in [6.45, 7) is 1.94. The molecule has 1 amide bonds. The number of aromatic nitrogens is 1. The van der Waals surface area contributed by atoms with Gasteiger partial charge in [-0.1, -0.05) is 28.1 Å². The molecule has 1 atom stereocenters. The van der Waals surface area contributed by atoms with Crippen LogP contribution in [0.15, 0.2) is 51.5 Å². The predicted octanol–water partition coefficient (Wildman–Crippen LogP) is 4.10. The third-order valence-electron chi connectivity index (χ3n) is 2.66. The van der Waals surface area contributed by atoms with Crippen molar-refractivity contribution in [3.05, 3.63) is 62.8 Å². The van der Waals surface area contributed by atoms with Crippen LogP contribution in [0.5, 0.6) is 0 Å². The number of nitrogens with zero attached hydrogens (tertiary/aromatic N) is 1. The van der Waals surface area contributed by atoms with Crippen LogP contribution in [0.25, 0.3) is 0 Å². The van der Waals surface area contributed by atoms with Gasteiger partial charge in [-0.05, 0) is 52.7 Å². The number of carbonyl (C=O) groups is 1. The molecule has 5 heteroatoms. The first-order chi connectivity index (χ1) is 9.06. The van der Waals surface area contributed by atoms with E-state index < -0.39 is 0 Å². The molecule has 2 aromatic rings. The lowest BCUT2D eigenvalue weighted by molar-refractivity contribution is 0.0935. The summed E-state index contributed by atoms with van der Waals surface area (Å²) in [5, 5.41) is 2.92. The van der Waals surface area contributed by atoms with Gasteiger partial charge in [-0.2, -0.15) is 0 Å². The smallest absolute Gasteiger partial charge is 0.270 e. The number of pyridine rings is 1. The summed E-state index contributed by atoms with van der Waals surface area (Å²) < 4.78 is 1.84. The lowest BCUT2D eigenvalue weighted by Gasteiger charge is -2.14. The summed E-state index contributed by atoms with van der Waals surface area (Å²) in [6.07, 6.45) is 1.61. The molecule has 19 heavy (non-hydrogen) atoms. The van der Waals surface area contributed by atoms with Gasteiger partial charge in [0.05, 0.1) is 6.04 Å². The molecule has 2 rings (SSSR count). The molecule has 0 aliphatic rings. The highest BCUT2D eigenvalue weighted by Crippen LogP contribution is 2.18. The molecule has 1 aromatic carbocycles. The van der Waals surface area contributed by atoms with E-state index in [-0.39, 0.29) is 11.9 Å². The van der Waals surface area contributed by atoms with Crippen molar-refractivity contribution in [2.75, 3.05) is 0 Å². The number of rotatable bonds is 3. The zero-order valence-corrected chi connectivity index (χ0v) is 13.4. The van der Waals surface area contributed by atoms with Crippen LogP contribution in [0.2, 0.25) is 0 Å². The van der Waals surface area contributed by atoms with Crippen molar-refractivity contribution in [1.29, 1.82) is 0 Å². The average Bonchev–Trinajstić information content (AvgIpc) is 2.39. The molecule has 1 aromatic heterocycles. The zero-order valence-electron chi connectivity index (χ0n) is 10.2. The lowest BCUT2D eigenvalue weighted by atomic mass is 10.1. The van der Waals surface area contributed by atoms with E-state index in [1.165, 1.54) is 0 Å². The fraction of sp³-hybridized carbons (Fsp3) is 0.143. The molecule has 1 unspecified atom stereocenters. The maximum atomic E-state index is 12.0. The van der Waals surface area contributed by atoms with Crippen LogP contribution >= 0.6 is 31.9 Å². The summed E-state index contributed by atoms with van der Waals surface area (Å²) in [5.74, 6) is -0.181. The Balaban J connectivity index is 2.08. The number of hydrogen-bond acceptors (Lipinski definition) is 2. The van der Waals surface area contributed by atoms with Crippen LogP contribution in [-0.2, 0) is 0 Å². The van der Waals surface area contributed by atoms with E-state index in [1.54, 1.807) is 18.3 Å². The van der Waals surface area contributed by atoms with E-state index >= 15 is 0 Å². The zero-order chi connectivity index (χ0) is 13.8. The van der Waals surface area contributed by atoms with E-state index in [0.29, 0.717) is 5.69 Å². The number of amides is 1. The molecule has 1 N–H and O–H groups in total. The quantitative estimate of drug-likeness (QED) is 0.866. The van der Waals surface area contributed by atoms with Crippen LogP contribution < -0.4 is 5.32 Å². The van der Waals surface area contributed by atoms with Crippen molar-refractivity contribution in [2.24, 2.45) is 0 Å². The van der Waals surface area contributed by atoms with E-state index in [9.17, 15) is 4.79 Å². The number of hydrogen-bond donors (Lipinski definition) is 1. The van der Waals surface area contributed by atoms with Crippen molar-refractivity contribution in [3.8, 4) is 0 Å². The maximum Gasteiger partial charge on any atom is 0.270 e. The number of carbonyl (C=O) groups excluding carboxylic acids is 1. The molecule has 0 spiro atoms. The van der Waals surface area contributed by atoms with E-state index in [1.807, 2.05) is 31.2 Å². The highest BCUT2D eigenvalue weighted by atomic mass is 79.9. The summed E-state index contributed by atoms with van der Waals surface area (Å²) in [6, 6.07) is 11.3. The second-order valence-corrected chi connectivity index (χ2v) is 5.94. The predicted molar refractivity (Wildman–Crippen MR) is 82.0 cm³/mol. The van der Waals surface area contributed by atoms with Crippen LogP contribution in [0, 0.1) is 0 Å². The molecular weight excluding hydrogens is 372 g/mol. The minimum atomic E-state index is -0.181. The van der Waals surface area contributed by atoms with Gasteiger partial charge in [0.2, 0.25) is 0 Å². The van der Waals surface area contributed by atoms with Crippen molar-refractivity contribution >= 4 is 37.8 Å². The highest BCUT2D eigenvalue weighted by Gasteiger charge is 2.12. The summed E-state index contributed by atoms with van der Waals surface area (Å²) in [5.41, 5.74) is 1.45. The Kier molecular flexibility index (Phi) is 4.71. The molecule has 1 heterocycles. The molecule has 0 aliphatic carbocycles. The first-order valence-corrected chi connectivity index (χ1v) is 7.33. The van der Waals surface area contributed by atoms with Gasteiger partial charge in [0.1, 0.15) is 5.69 Å². The van der Waals surface area contributed by atoms with Gasteiger partial charge in [-0.25, -0.2) is 4.98 Å². The summed E-state index contributed by atoms with van der Waals surface area (Å²) in [4.78, 5) is 16.1. The standard InChI is InChI=1S/C14H12Br2N2O/c1-9(10-3-2-4-11(15)7-10)18-14(19)13-6-5-12(16)8-17-13/h2-9H,1H3,(H,18,19). The monoisotopic (exact) mass is 382 g/mol. The summed E-state index contributed by atoms with van der Waals surface area (Å²) >= 11 is 6.71. The Morgan fingerprint density at radius 1 is 1.21 bits per heavy atom. The first-order valence-electron chi connectivity index (χ1n) is 5.74. The molecule has 98 valence electrons. The molecule has 0 bridgehead atoms. The normalized spacial score (nSPS) is 11.9. The minimum Gasteiger partial charge on any atom is -0.344 e. The second kappa shape index (κ2) is 6.30. The van der Waals surface area contributed by atoms with Gasteiger partial charge in [-0.15, -0.1) is 0 Å². The molecule has 0 fully saturated rings. The van der Waals surface area contributed by atoms with Crippen LogP contribution in [0.4, 0.5) is 0 Å². The second-order valence-electron chi connectivity index (χ2n) is 4.11. The van der Waals surface area contributed by atoms with Gasteiger partial charge in [0.15, 0.2) is 0 Å². The average molecular weight is 384 g/mol. The van der Waals surface area contributed by atoms with Crippen LogP contribution in [0.1, 0.15) is 29.0 Å². The molecular formula is C14H12Br2N2O. The lowest BCUT2D eigenvalue weighted by Crippen LogP contribution is -2.27. The molecule has 0 saturated carbocycles. The number of halogens is 2. The SMILES string of the molecule is CC(NC(=O)c1ccc(Br)cn1)c1cccc(Br)c1. The summed E-state index contributed by atoms with van der Waals surface area (Å²) in [7, 11) is 0. The molecule has 0 saturated heterocycles. The third-order valence-corrected chi connectivity index (χ3v) is 3.62. The van der Waals surface area contributed by atoms with Gasteiger partial charge in [0, 0.05) is 15.1 Å². The highest BCUT2D eigenvalue weighted by molar-refractivity contribution is 9.10. The number of benzene rings is 1. The van der Waals surface area contributed by atoms with Crippen molar-refractivity contribution in [3.63, 3.8) is 0 Å². The Morgan fingerprint density at radius 2 is 2.00 bits per heavy atom. The third kappa shape index (κ3) is 3.88. The van der Waals surface area contributed by atoms with E-state index in [4.69, 9.17) is 0 Å². The van der Waals surface area contributed by atoms with Crippen LogP contribution in [0.3, 0.4) is 0 Å². The fourth-order valence-corrected chi connectivity index (χ4v) is 2.29. The Labute approximate surface area is 128 Å². The van der Waals surface area contributed by atoms with Crippen molar-refractivity contribution in [1.82, 2.24) is 10.3 Å². The Hall–Kier alpha value is -1.20. The van der Waals surface area contributed by atoms with Gasteiger partial charge >= 0.3 is 0 Å². The van der Waals surface area contributed by atoms with Gasteiger partial charge in [0.25, 0.3) is 5.91 Å². The van der Waals surface area contributed by atoms with Crippen molar-refractivity contribution < 1.29 is 4.79 Å². The van der Waals surface area contributed by atoms with Crippen molar-refractivity contribution in [2.45, 2.75) is 13.0 Å².